The molecule has 0 radical (unpaired) electrons. The Hall–Kier alpha value is -1.10. The Balaban J connectivity index is 1.58. The molecule has 3 fully saturated rings. The van der Waals surface area contributed by atoms with E-state index in [-0.39, 0.29) is 11.5 Å². The quantitative estimate of drug-likeness (QED) is 0.842. The number of carbonyl (C=O) groups excluding carboxylic acids is 1. The van der Waals surface area contributed by atoms with Crippen molar-refractivity contribution < 1.29 is 9.53 Å². The van der Waals surface area contributed by atoms with Gasteiger partial charge in [0.1, 0.15) is 0 Å². The standard InChI is InChI=1S/C19H25ClN2O2/c1-12-4-5-13(20)8-14(12)18(23)22-10-16-15(9-21(2)3)17-6-7-19(16,11-22)24-17/h4-5,8,15-17H,6-7,9-11H2,1-3H3/t15-,16+,17+,19+/m0/s1. The molecule has 1 spiro atoms. The molecule has 0 N–H and O–H groups in total. The van der Waals surface area contributed by atoms with Gasteiger partial charge in [0.25, 0.3) is 5.91 Å². The van der Waals surface area contributed by atoms with Crippen molar-refractivity contribution >= 4 is 17.5 Å². The van der Waals surface area contributed by atoms with E-state index in [1.807, 2.05) is 24.0 Å². The summed E-state index contributed by atoms with van der Waals surface area (Å²) in [5.41, 5.74) is 1.60. The summed E-state index contributed by atoms with van der Waals surface area (Å²) in [4.78, 5) is 17.3. The van der Waals surface area contributed by atoms with Crippen LogP contribution in [0.4, 0.5) is 0 Å². The molecule has 4 nitrogen and oxygen atoms in total. The molecule has 0 aliphatic carbocycles. The fraction of sp³-hybridized carbons (Fsp3) is 0.632. The molecule has 3 aliphatic rings. The molecule has 4 atom stereocenters. The van der Waals surface area contributed by atoms with Crippen LogP contribution in [0.2, 0.25) is 5.02 Å². The predicted molar refractivity (Wildman–Crippen MR) is 94.5 cm³/mol. The van der Waals surface area contributed by atoms with E-state index in [2.05, 4.69) is 19.0 Å². The summed E-state index contributed by atoms with van der Waals surface area (Å²) in [5, 5.41) is 0.615. The number of ether oxygens (including phenoxy) is 1. The van der Waals surface area contributed by atoms with Crippen molar-refractivity contribution in [3.05, 3.63) is 34.3 Å². The molecular weight excluding hydrogens is 324 g/mol. The third-order valence-electron chi connectivity index (χ3n) is 6.08. The minimum atomic E-state index is -0.104. The minimum Gasteiger partial charge on any atom is -0.369 e. The van der Waals surface area contributed by atoms with E-state index in [0.29, 0.717) is 23.0 Å². The van der Waals surface area contributed by atoms with Crippen LogP contribution in [0.15, 0.2) is 18.2 Å². The van der Waals surface area contributed by atoms with Crippen LogP contribution in [-0.4, -0.2) is 61.1 Å². The van der Waals surface area contributed by atoms with Gasteiger partial charge < -0.3 is 14.5 Å². The molecule has 0 unspecified atom stereocenters. The Labute approximate surface area is 148 Å². The van der Waals surface area contributed by atoms with Crippen LogP contribution in [0.3, 0.4) is 0 Å². The monoisotopic (exact) mass is 348 g/mol. The molecular formula is C19H25ClN2O2. The highest BCUT2D eigenvalue weighted by Crippen LogP contribution is 2.55. The lowest BCUT2D eigenvalue weighted by Gasteiger charge is -2.30. The smallest absolute Gasteiger partial charge is 0.254 e. The van der Waals surface area contributed by atoms with Gasteiger partial charge in [0.2, 0.25) is 0 Å². The number of fused-ring (bicyclic) bond motifs is 1. The van der Waals surface area contributed by atoms with Crippen molar-refractivity contribution in [3.63, 3.8) is 0 Å². The van der Waals surface area contributed by atoms with E-state index < -0.39 is 0 Å². The van der Waals surface area contributed by atoms with Crippen LogP contribution >= 0.6 is 11.6 Å². The second-order valence-electron chi connectivity index (χ2n) is 7.94. The topological polar surface area (TPSA) is 32.8 Å². The number of nitrogens with zero attached hydrogens (tertiary/aromatic N) is 2. The van der Waals surface area contributed by atoms with Crippen LogP contribution < -0.4 is 0 Å². The highest BCUT2D eigenvalue weighted by molar-refractivity contribution is 6.31. The van der Waals surface area contributed by atoms with Gasteiger partial charge >= 0.3 is 0 Å². The van der Waals surface area contributed by atoms with Gasteiger partial charge in [-0.1, -0.05) is 17.7 Å². The summed E-state index contributed by atoms with van der Waals surface area (Å²) in [6.07, 6.45) is 2.60. The highest BCUT2D eigenvalue weighted by atomic mass is 35.5. The lowest BCUT2D eigenvalue weighted by atomic mass is 9.73. The maximum absolute atomic E-state index is 13.1. The molecule has 3 heterocycles. The first-order valence-electron chi connectivity index (χ1n) is 8.77. The Morgan fingerprint density at radius 2 is 2.25 bits per heavy atom. The fourth-order valence-electron chi connectivity index (χ4n) is 5.01. The fourth-order valence-corrected chi connectivity index (χ4v) is 5.18. The second kappa shape index (κ2) is 5.72. The normalized spacial score (nSPS) is 34.2. The third kappa shape index (κ3) is 2.47. The van der Waals surface area contributed by atoms with Gasteiger partial charge in [-0.2, -0.15) is 0 Å². The molecule has 1 aromatic rings. The van der Waals surface area contributed by atoms with Crippen LogP contribution in [-0.2, 0) is 4.74 Å². The number of rotatable bonds is 3. The van der Waals surface area contributed by atoms with Crippen LogP contribution in [0.25, 0.3) is 0 Å². The molecule has 0 saturated carbocycles. The van der Waals surface area contributed by atoms with Crippen LogP contribution in [0.1, 0.15) is 28.8 Å². The molecule has 130 valence electrons. The summed E-state index contributed by atoms with van der Waals surface area (Å²) in [5.74, 6) is 1.09. The zero-order valence-electron chi connectivity index (χ0n) is 14.6. The zero-order valence-corrected chi connectivity index (χ0v) is 15.3. The van der Waals surface area contributed by atoms with Crippen LogP contribution in [0, 0.1) is 18.8 Å². The van der Waals surface area contributed by atoms with E-state index in [1.54, 1.807) is 6.07 Å². The van der Waals surface area contributed by atoms with Crippen molar-refractivity contribution in [2.75, 3.05) is 33.7 Å². The molecule has 3 aliphatic heterocycles. The number of aryl methyl sites for hydroxylation is 1. The molecule has 24 heavy (non-hydrogen) atoms. The average molecular weight is 349 g/mol. The lowest BCUT2D eigenvalue weighted by Crippen LogP contribution is -2.40. The Bertz CT molecular complexity index is 677. The average Bonchev–Trinajstić information content (AvgIpc) is 3.18. The summed E-state index contributed by atoms with van der Waals surface area (Å²) in [7, 11) is 4.23. The SMILES string of the molecule is Cc1ccc(Cl)cc1C(=O)N1C[C@@H]2[C@H](CN(C)C)[C@H]3CC[C@]2(C1)O3. The van der Waals surface area contributed by atoms with Gasteiger partial charge in [0.05, 0.1) is 18.2 Å². The summed E-state index contributed by atoms with van der Waals surface area (Å²) in [6.45, 7) is 4.54. The van der Waals surface area contributed by atoms with Crippen molar-refractivity contribution in [1.82, 2.24) is 9.80 Å². The van der Waals surface area contributed by atoms with Gasteiger partial charge in [-0.05, 0) is 51.6 Å². The van der Waals surface area contributed by atoms with E-state index in [9.17, 15) is 4.79 Å². The van der Waals surface area contributed by atoms with E-state index in [0.717, 1.165) is 43.6 Å². The molecule has 4 rings (SSSR count). The molecule has 1 amide bonds. The van der Waals surface area contributed by atoms with Crippen molar-refractivity contribution in [2.24, 2.45) is 11.8 Å². The Morgan fingerprint density at radius 1 is 1.46 bits per heavy atom. The second-order valence-corrected chi connectivity index (χ2v) is 8.37. The first kappa shape index (κ1) is 16.4. The molecule has 1 aromatic carbocycles. The van der Waals surface area contributed by atoms with E-state index in [1.165, 1.54) is 0 Å². The predicted octanol–water partition coefficient (Wildman–Crippen LogP) is 2.83. The van der Waals surface area contributed by atoms with Crippen molar-refractivity contribution in [1.29, 1.82) is 0 Å². The minimum absolute atomic E-state index is 0.0921. The van der Waals surface area contributed by atoms with Crippen LogP contribution in [0.5, 0.6) is 0 Å². The molecule has 5 heteroatoms. The highest BCUT2D eigenvalue weighted by Gasteiger charge is 2.63. The number of hydrogen-bond acceptors (Lipinski definition) is 3. The number of halogens is 1. The first-order valence-corrected chi connectivity index (χ1v) is 9.15. The number of amides is 1. The summed E-state index contributed by atoms with van der Waals surface area (Å²) >= 11 is 6.10. The van der Waals surface area contributed by atoms with Gasteiger partial charge in [-0.15, -0.1) is 0 Å². The van der Waals surface area contributed by atoms with Gasteiger partial charge in [-0.25, -0.2) is 0 Å². The lowest BCUT2D eigenvalue weighted by molar-refractivity contribution is 0.00255. The molecule has 2 bridgehead atoms. The maximum Gasteiger partial charge on any atom is 0.254 e. The maximum atomic E-state index is 13.1. The summed E-state index contributed by atoms with van der Waals surface area (Å²) in [6, 6.07) is 5.55. The number of benzene rings is 1. The van der Waals surface area contributed by atoms with E-state index >= 15 is 0 Å². The largest absolute Gasteiger partial charge is 0.369 e. The number of carbonyl (C=O) groups is 1. The van der Waals surface area contributed by atoms with Gasteiger partial charge in [0, 0.05) is 35.5 Å². The first-order chi connectivity index (χ1) is 11.4. The summed E-state index contributed by atoms with van der Waals surface area (Å²) < 4.78 is 6.42. The molecule has 3 saturated heterocycles. The van der Waals surface area contributed by atoms with Gasteiger partial charge in [-0.3, -0.25) is 4.79 Å². The van der Waals surface area contributed by atoms with Gasteiger partial charge in [0.15, 0.2) is 0 Å². The van der Waals surface area contributed by atoms with Crippen molar-refractivity contribution in [3.8, 4) is 0 Å². The number of hydrogen-bond donors (Lipinski definition) is 0. The molecule has 0 aromatic heterocycles. The number of likely N-dealkylation sites (tertiary alicyclic amines) is 1. The third-order valence-corrected chi connectivity index (χ3v) is 6.31. The Morgan fingerprint density at radius 3 is 3.00 bits per heavy atom. The zero-order chi connectivity index (χ0) is 17.1. The van der Waals surface area contributed by atoms with E-state index in [4.69, 9.17) is 16.3 Å². The van der Waals surface area contributed by atoms with Crippen molar-refractivity contribution in [2.45, 2.75) is 31.5 Å². The Kier molecular flexibility index (Phi) is 3.90.